The van der Waals surface area contributed by atoms with Gasteiger partial charge >= 0.3 is 0 Å². The molecule has 1 saturated heterocycles. The Morgan fingerprint density at radius 2 is 1.52 bits per heavy atom. The fraction of sp³-hybridized carbons (Fsp3) is 0.526. The van der Waals surface area contributed by atoms with Gasteiger partial charge in [0, 0.05) is 7.05 Å². The molecule has 0 spiro atoms. The fourth-order valence-electron chi connectivity index (χ4n) is 2.73. The van der Waals surface area contributed by atoms with Crippen LogP contribution in [0.3, 0.4) is 0 Å². The highest BCUT2D eigenvalue weighted by Gasteiger charge is 2.36. The first-order valence-corrected chi connectivity index (χ1v) is 8.73. The third-order valence-corrected chi connectivity index (χ3v) is 5.49. The molecule has 0 aliphatic carbocycles. The van der Waals surface area contributed by atoms with Gasteiger partial charge in [0.05, 0.1) is 5.03 Å². The van der Waals surface area contributed by atoms with Gasteiger partial charge in [0.2, 0.25) is 5.91 Å². The van der Waals surface area contributed by atoms with Crippen LogP contribution in [-0.2, 0) is 15.6 Å². The minimum atomic E-state index is -0.282. The summed E-state index contributed by atoms with van der Waals surface area (Å²) in [5, 5.41) is 11.3. The van der Waals surface area contributed by atoms with Crippen LogP contribution >= 0.6 is 11.8 Å². The number of phenolic OH excluding ortho intramolecular Hbond substituents is 1. The van der Waals surface area contributed by atoms with Crippen molar-refractivity contribution in [3.05, 3.63) is 40.4 Å². The van der Waals surface area contributed by atoms with Crippen LogP contribution in [0.25, 0.3) is 0 Å². The lowest BCUT2D eigenvalue weighted by atomic mass is 9.78. The van der Waals surface area contributed by atoms with E-state index >= 15 is 0 Å². The molecule has 2 rings (SSSR count). The van der Waals surface area contributed by atoms with Gasteiger partial charge in [-0.1, -0.05) is 59.9 Å². The number of rotatable bonds is 1. The molecule has 0 bridgehead atoms. The number of likely N-dealkylation sites (N-methyl/N-ethyl adjacent to an activating group) is 1. The number of hydrogen-bond acceptors (Lipinski definition) is 3. The van der Waals surface area contributed by atoms with Crippen molar-refractivity contribution in [2.24, 2.45) is 0 Å². The van der Waals surface area contributed by atoms with E-state index in [-0.39, 0.29) is 22.0 Å². The Labute approximate surface area is 143 Å². The highest BCUT2D eigenvalue weighted by atomic mass is 32.2. The fourth-order valence-corrected chi connectivity index (χ4v) is 3.78. The molecule has 1 amide bonds. The molecule has 23 heavy (non-hydrogen) atoms. The molecular formula is C19H27NO2S. The van der Waals surface area contributed by atoms with E-state index < -0.39 is 0 Å². The molecule has 3 nitrogen and oxygen atoms in total. The van der Waals surface area contributed by atoms with Crippen molar-refractivity contribution in [2.45, 2.75) is 57.6 Å². The second-order valence-corrected chi connectivity index (χ2v) is 9.43. The summed E-state index contributed by atoms with van der Waals surface area (Å²) in [6.45, 7) is 16.4. The Morgan fingerprint density at radius 3 is 1.83 bits per heavy atom. The lowest BCUT2D eigenvalue weighted by Crippen LogP contribution is -2.22. The van der Waals surface area contributed by atoms with Crippen LogP contribution in [0, 0.1) is 0 Å². The quantitative estimate of drug-likeness (QED) is 0.809. The van der Waals surface area contributed by atoms with E-state index in [1.807, 2.05) is 12.1 Å². The van der Waals surface area contributed by atoms with E-state index in [1.54, 1.807) is 11.9 Å². The maximum atomic E-state index is 12.5. The van der Waals surface area contributed by atoms with Gasteiger partial charge in [-0.3, -0.25) is 4.79 Å². The highest BCUT2D eigenvalue weighted by Crippen LogP contribution is 2.47. The van der Waals surface area contributed by atoms with Crippen molar-refractivity contribution in [3.63, 3.8) is 0 Å². The summed E-state index contributed by atoms with van der Waals surface area (Å²) < 4.78 is 0. The number of benzene rings is 1. The SMILES string of the molecule is C=C1SC(c2cc(C(C)(C)C)c(O)c(C(C)(C)C)c2)C(=O)N1C. The Bertz CT molecular complexity index is 630. The third kappa shape index (κ3) is 3.27. The zero-order valence-electron chi connectivity index (χ0n) is 15.2. The zero-order valence-corrected chi connectivity index (χ0v) is 16.0. The highest BCUT2D eigenvalue weighted by molar-refractivity contribution is 8.04. The van der Waals surface area contributed by atoms with Crippen molar-refractivity contribution in [3.8, 4) is 5.75 Å². The number of carbonyl (C=O) groups excluding carboxylic acids is 1. The van der Waals surface area contributed by atoms with Crippen molar-refractivity contribution in [1.82, 2.24) is 4.90 Å². The smallest absolute Gasteiger partial charge is 0.245 e. The second kappa shape index (κ2) is 5.59. The predicted octanol–water partition coefficient (Wildman–Crippen LogP) is 4.70. The number of phenols is 1. The molecule has 1 atom stereocenters. The summed E-state index contributed by atoms with van der Waals surface area (Å²) in [5.74, 6) is 0.391. The maximum absolute atomic E-state index is 12.5. The average molecular weight is 333 g/mol. The first-order valence-electron chi connectivity index (χ1n) is 7.85. The average Bonchev–Trinajstić information content (AvgIpc) is 2.64. The molecule has 0 saturated carbocycles. The maximum Gasteiger partial charge on any atom is 0.245 e. The van der Waals surface area contributed by atoms with E-state index in [9.17, 15) is 9.90 Å². The summed E-state index contributed by atoms with van der Waals surface area (Å²) in [6.07, 6.45) is 0. The predicted molar refractivity (Wildman–Crippen MR) is 97.7 cm³/mol. The number of hydrogen-bond donors (Lipinski definition) is 1. The normalized spacial score (nSPS) is 19.6. The van der Waals surface area contributed by atoms with Crippen molar-refractivity contribution in [2.75, 3.05) is 7.05 Å². The van der Waals surface area contributed by atoms with Crippen LogP contribution in [0.4, 0.5) is 0 Å². The molecule has 1 N–H and O–H groups in total. The molecule has 1 fully saturated rings. The summed E-state index contributed by atoms with van der Waals surface area (Å²) in [5.41, 5.74) is 2.31. The molecule has 1 unspecified atom stereocenters. The van der Waals surface area contributed by atoms with Crippen LogP contribution in [0.15, 0.2) is 23.7 Å². The largest absolute Gasteiger partial charge is 0.507 e. The summed E-state index contributed by atoms with van der Waals surface area (Å²) in [6, 6.07) is 3.96. The van der Waals surface area contributed by atoms with Crippen LogP contribution in [0.2, 0.25) is 0 Å². The van der Waals surface area contributed by atoms with Gasteiger partial charge in [-0.15, -0.1) is 0 Å². The van der Waals surface area contributed by atoms with Crippen molar-refractivity contribution in [1.29, 1.82) is 0 Å². The van der Waals surface area contributed by atoms with Gasteiger partial charge in [0.15, 0.2) is 0 Å². The number of amides is 1. The van der Waals surface area contributed by atoms with E-state index in [0.29, 0.717) is 5.75 Å². The van der Waals surface area contributed by atoms with Gasteiger partial charge in [-0.25, -0.2) is 0 Å². The van der Waals surface area contributed by atoms with Crippen molar-refractivity contribution < 1.29 is 9.90 Å². The van der Waals surface area contributed by atoms with E-state index in [4.69, 9.17) is 0 Å². The van der Waals surface area contributed by atoms with Gasteiger partial charge < -0.3 is 10.0 Å². The zero-order chi connectivity index (χ0) is 17.7. The van der Waals surface area contributed by atoms with Gasteiger partial charge in [0.25, 0.3) is 0 Å². The van der Waals surface area contributed by atoms with Gasteiger partial charge in [-0.05, 0) is 39.7 Å². The topological polar surface area (TPSA) is 40.5 Å². The lowest BCUT2D eigenvalue weighted by molar-refractivity contribution is -0.126. The van der Waals surface area contributed by atoms with Gasteiger partial charge in [-0.2, -0.15) is 0 Å². The first kappa shape index (κ1) is 17.9. The number of nitrogens with zero attached hydrogens (tertiary/aromatic N) is 1. The van der Waals surface area contributed by atoms with Crippen LogP contribution in [0.5, 0.6) is 5.75 Å². The molecule has 126 valence electrons. The van der Waals surface area contributed by atoms with Crippen molar-refractivity contribution >= 4 is 17.7 Å². The number of carbonyl (C=O) groups is 1. The standard InChI is InChI=1S/C19H27NO2S/c1-11-20(8)17(22)16(23-11)12-9-13(18(2,3)4)15(21)14(10-12)19(5,6)7/h9-10,16,21H,1H2,2-8H3. The van der Waals surface area contributed by atoms with E-state index in [2.05, 4.69) is 48.1 Å². The van der Waals surface area contributed by atoms with Crippen LogP contribution < -0.4 is 0 Å². The van der Waals surface area contributed by atoms with E-state index in [1.165, 1.54) is 11.8 Å². The molecule has 0 radical (unpaired) electrons. The molecule has 1 aromatic carbocycles. The Hall–Kier alpha value is -1.42. The van der Waals surface area contributed by atoms with E-state index in [0.717, 1.165) is 21.7 Å². The molecule has 4 heteroatoms. The van der Waals surface area contributed by atoms with Crippen LogP contribution in [-0.4, -0.2) is 23.0 Å². The summed E-state index contributed by atoms with van der Waals surface area (Å²) in [7, 11) is 1.76. The minimum Gasteiger partial charge on any atom is -0.507 e. The molecule has 1 aliphatic rings. The number of thioether (sulfide) groups is 1. The molecular weight excluding hydrogens is 306 g/mol. The Balaban J connectivity index is 2.66. The minimum absolute atomic E-state index is 0.0467. The summed E-state index contributed by atoms with van der Waals surface area (Å²) in [4.78, 5) is 14.1. The third-order valence-electron chi connectivity index (χ3n) is 4.23. The Kier molecular flexibility index (Phi) is 4.35. The lowest BCUT2D eigenvalue weighted by Gasteiger charge is -2.28. The summed E-state index contributed by atoms with van der Waals surface area (Å²) >= 11 is 1.48. The first-order chi connectivity index (χ1) is 10.3. The molecule has 1 aliphatic heterocycles. The van der Waals surface area contributed by atoms with Crippen LogP contribution in [0.1, 0.15) is 63.5 Å². The molecule has 1 heterocycles. The second-order valence-electron chi connectivity index (χ2n) is 8.25. The monoisotopic (exact) mass is 333 g/mol. The van der Waals surface area contributed by atoms with Gasteiger partial charge in [0.1, 0.15) is 11.0 Å². The Morgan fingerprint density at radius 1 is 1.09 bits per heavy atom. The molecule has 0 aromatic heterocycles. The molecule has 1 aromatic rings. The number of aromatic hydroxyl groups is 1.